The fourth-order valence-corrected chi connectivity index (χ4v) is 3.96. The van der Waals surface area contributed by atoms with Gasteiger partial charge in [-0.25, -0.2) is 4.98 Å². The number of carbonyl (C=O) groups is 1. The minimum atomic E-state index is -0.134. The van der Waals surface area contributed by atoms with Crippen LogP contribution in [-0.2, 0) is 13.1 Å². The lowest BCUT2D eigenvalue weighted by molar-refractivity contribution is 0.0950. The summed E-state index contributed by atoms with van der Waals surface area (Å²) in [6.45, 7) is 15.8. The number of aryl methyl sites for hydroxylation is 2. The molecule has 1 aliphatic heterocycles. The molecule has 3 heterocycles. The Morgan fingerprint density at radius 1 is 1.22 bits per heavy atom. The molecule has 4 rings (SSSR count). The Bertz CT molecular complexity index is 1190. The van der Waals surface area contributed by atoms with E-state index in [0.717, 1.165) is 46.3 Å². The minimum Gasteiger partial charge on any atom is -0.346 e. The minimum absolute atomic E-state index is 0.128. The van der Waals surface area contributed by atoms with Gasteiger partial charge >= 0.3 is 0 Å². The molecule has 32 heavy (non-hydrogen) atoms. The third-order valence-corrected chi connectivity index (χ3v) is 5.56. The van der Waals surface area contributed by atoms with Crippen LogP contribution in [0.1, 0.15) is 49.3 Å². The maximum Gasteiger partial charge on any atom is 0.251 e. The summed E-state index contributed by atoms with van der Waals surface area (Å²) >= 11 is 0. The Labute approximate surface area is 189 Å². The number of benzene rings is 1. The topological polar surface area (TPSA) is 75.1 Å². The quantitative estimate of drug-likeness (QED) is 0.613. The van der Waals surface area contributed by atoms with Crippen molar-refractivity contribution in [2.45, 2.75) is 53.2 Å². The van der Waals surface area contributed by atoms with Crippen LogP contribution >= 0.6 is 0 Å². The number of amides is 1. The van der Waals surface area contributed by atoms with Crippen molar-refractivity contribution < 1.29 is 4.79 Å². The molecule has 2 N–H and O–H groups in total. The van der Waals surface area contributed by atoms with E-state index in [-0.39, 0.29) is 11.4 Å². The Morgan fingerprint density at radius 3 is 2.69 bits per heavy atom. The van der Waals surface area contributed by atoms with E-state index in [9.17, 15) is 4.79 Å². The zero-order valence-electron chi connectivity index (χ0n) is 19.4. The third kappa shape index (κ3) is 4.10. The smallest absolute Gasteiger partial charge is 0.251 e. The number of hydrogen-bond acceptors (Lipinski definition) is 5. The van der Waals surface area contributed by atoms with Crippen molar-refractivity contribution in [3.05, 3.63) is 71.9 Å². The predicted molar refractivity (Wildman–Crippen MR) is 128 cm³/mol. The lowest BCUT2D eigenvalue weighted by atomic mass is 9.98. The lowest BCUT2D eigenvalue weighted by Gasteiger charge is -2.33. The number of carbonyl (C=O) groups excluding carboxylic acids is 1. The molecule has 7 heteroatoms. The standard InChI is InChI=1S/C25H30N6O/c1-7-30-11-10-20(29-30)15-27-24(32)18-9-8-16(2)21(12-18)19-13-22-23(26-14-19)31(17(3)28-22)25(4,5)6/h8-14,28H,3,7,15H2,1-2,4-6H3,(H,27,32). The molecule has 7 nitrogen and oxygen atoms in total. The van der Waals surface area contributed by atoms with Gasteiger partial charge in [0.15, 0.2) is 5.82 Å². The monoisotopic (exact) mass is 430 g/mol. The van der Waals surface area contributed by atoms with Crippen LogP contribution in [0.5, 0.6) is 0 Å². The summed E-state index contributed by atoms with van der Waals surface area (Å²) < 4.78 is 1.84. The van der Waals surface area contributed by atoms with E-state index >= 15 is 0 Å². The van der Waals surface area contributed by atoms with E-state index in [4.69, 9.17) is 4.98 Å². The second kappa shape index (κ2) is 8.15. The van der Waals surface area contributed by atoms with Crippen molar-refractivity contribution in [3.8, 4) is 11.1 Å². The lowest BCUT2D eigenvalue weighted by Crippen LogP contribution is -2.39. The van der Waals surface area contributed by atoms with E-state index in [2.05, 4.69) is 54.0 Å². The van der Waals surface area contributed by atoms with E-state index in [1.807, 2.05) is 55.2 Å². The highest BCUT2D eigenvalue weighted by atomic mass is 16.1. The van der Waals surface area contributed by atoms with E-state index in [1.54, 1.807) is 0 Å². The van der Waals surface area contributed by atoms with Crippen LogP contribution in [0.3, 0.4) is 0 Å². The maximum absolute atomic E-state index is 12.8. The van der Waals surface area contributed by atoms with Gasteiger partial charge in [-0.15, -0.1) is 0 Å². The number of pyridine rings is 1. The van der Waals surface area contributed by atoms with Gasteiger partial charge < -0.3 is 15.5 Å². The number of anilines is 2. The number of hydrogen-bond donors (Lipinski definition) is 2. The second-order valence-corrected chi connectivity index (χ2v) is 9.05. The second-order valence-electron chi connectivity index (χ2n) is 9.05. The first-order valence-corrected chi connectivity index (χ1v) is 10.8. The molecule has 1 aromatic carbocycles. The molecule has 1 aliphatic rings. The summed E-state index contributed by atoms with van der Waals surface area (Å²) in [7, 11) is 0. The summed E-state index contributed by atoms with van der Waals surface area (Å²) in [4.78, 5) is 19.6. The van der Waals surface area contributed by atoms with Crippen LogP contribution in [0.25, 0.3) is 11.1 Å². The molecule has 0 atom stereocenters. The Balaban J connectivity index is 1.57. The number of rotatable bonds is 5. The molecular formula is C25H30N6O. The predicted octanol–water partition coefficient (Wildman–Crippen LogP) is 4.71. The number of aromatic nitrogens is 3. The Morgan fingerprint density at radius 2 is 2.00 bits per heavy atom. The van der Waals surface area contributed by atoms with Crippen LogP contribution in [0.2, 0.25) is 0 Å². The molecule has 2 aromatic heterocycles. The van der Waals surface area contributed by atoms with Gasteiger partial charge in [0, 0.05) is 35.6 Å². The molecule has 0 spiro atoms. The molecule has 166 valence electrons. The Hall–Kier alpha value is -3.61. The van der Waals surface area contributed by atoms with Gasteiger partial charge in [-0.05, 0) is 70.0 Å². The molecule has 0 unspecified atom stereocenters. The summed E-state index contributed by atoms with van der Waals surface area (Å²) in [5.41, 5.74) is 5.24. The highest BCUT2D eigenvalue weighted by Gasteiger charge is 2.33. The maximum atomic E-state index is 12.8. The van der Waals surface area contributed by atoms with Gasteiger partial charge in [0.25, 0.3) is 5.91 Å². The fourth-order valence-electron chi connectivity index (χ4n) is 3.96. The molecule has 0 aliphatic carbocycles. The number of nitrogens with zero attached hydrogens (tertiary/aromatic N) is 4. The van der Waals surface area contributed by atoms with Gasteiger partial charge in [-0.3, -0.25) is 9.48 Å². The average molecular weight is 431 g/mol. The molecule has 0 fully saturated rings. The first-order valence-electron chi connectivity index (χ1n) is 10.8. The molecule has 0 bridgehead atoms. The average Bonchev–Trinajstić information content (AvgIpc) is 3.34. The van der Waals surface area contributed by atoms with Crippen molar-refractivity contribution in [2.24, 2.45) is 0 Å². The number of nitrogens with one attached hydrogen (secondary N) is 2. The number of fused-ring (bicyclic) bond motifs is 1. The third-order valence-electron chi connectivity index (χ3n) is 5.56. The normalized spacial score (nSPS) is 13.2. The molecule has 0 saturated carbocycles. The van der Waals surface area contributed by atoms with E-state index in [0.29, 0.717) is 12.1 Å². The van der Waals surface area contributed by atoms with Crippen molar-refractivity contribution >= 4 is 17.4 Å². The fraction of sp³-hybridized carbons (Fsp3) is 0.320. The van der Waals surface area contributed by atoms with Crippen LogP contribution in [0.15, 0.2) is 55.1 Å². The van der Waals surface area contributed by atoms with Crippen LogP contribution < -0.4 is 15.5 Å². The molecule has 0 saturated heterocycles. The van der Waals surface area contributed by atoms with Gasteiger partial charge in [0.2, 0.25) is 0 Å². The van der Waals surface area contributed by atoms with E-state index in [1.165, 1.54) is 0 Å². The first-order chi connectivity index (χ1) is 15.2. The van der Waals surface area contributed by atoms with Crippen molar-refractivity contribution in [3.63, 3.8) is 0 Å². The SMILES string of the molecule is C=C1Nc2cc(-c3cc(C(=O)NCc4ccn(CC)n4)ccc3C)cnc2N1C(C)(C)C. The Kier molecular flexibility index (Phi) is 5.50. The summed E-state index contributed by atoms with van der Waals surface area (Å²) in [6, 6.07) is 9.73. The highest BCUT2D eigenvalue weighted by molar-refractivity contribution is 5.96. The summed E-state index contributed by atoms with van der Waals surface area (Å²) in [5, 5.41) is 10.7. The molecular weight excluding hydrogens is 400 g/mol. The van der Waals surface area contributed by atoms with E-state index < -0.39 is 0 Å². The van der Waals surface area contributed by atoms with Crippen molar-refractivity contribution in [2.75, 3.05) is 10.2 Å². The summed E-state index contributed by atoms with van der Waals surface area (Å²) in [6.07, 6.45) is 3.77. The highest BCUT2D eigenvalue weighted by Crippen LogP contribution is 2.41. The van der Waals surface area contributed by atoms with Gasteiger partial charge in [0.05, 0.1) is 17.9 Å². The largest absolute Gasteiger partial charge is 0.346 e. The van der Waals surface area contributed by atoms with Crippen LogP contribution in [0, 0.1) is 6.92 Å². The van der Waals surface area contributed by atoms with Crippen molar-refractivity contribution in [1.82, 2.24) is 20.1 Å². The van der Waals surface area contributed by atoms with Gasteiger partial charge in [-0.2, -0.15) is 5.10 Å². The molecule has 0 radical (unpaired) electrons. The zero-order valence-corrected chi connectivity index (χ0v) is 19.4. The van der Waals surface area contributed by atoms with Gasteiger partial charge in [-0.1, -0.05) is 12.6 Å². The van der Waals surface area contributed by atoms with Crippen molar-refractivity contribution in [1.29, 1.82) is 0 Å². The summed E-state index contributed by atoms with van der Waals surface area (Å²) in [5.74, 6) is 1.55. The first kappa shape index (κ1) is 21.6. The molecule has 3 aromatic rings. The zero-order chi connectivity index (χ0) is 23.0. The van der Waals surface area contributed by atoms with Crippen LogP contribution in [0.4, 0.5) is 11.5 Å². The van der Waals surface area contributed by atoms with Crippen LogP contribution in [-0.4, -0.2) is 26.2 Å². The molecule has 1 amide bonds. The van der Waals surface area contributed by atoms with Gasteiger partial charge in [0.1, 0.15) is 5.82 Å².